The molecule has 0 aliphatic carbocycles. The molecule has 0 saturated carbocycles. The lowest BCUT2D eigenvalue weighted by Gasteiger charge is -2.30. The average molecular weight is 259 g/mol. The van der Waals surface area contributed by atoms with Crippen molar-refractivity contribution >= 4 is 5.97 Å². The third-order valence-electron chi connectivity index (χ3n) is 3.69. The minimum atomic E-state index is -0.309. The van der Waals surface area contributed by atoms with E-state index in [1.54, 1.807) is 0 Å². The number of nitrogens with zero attached hydrogens (tertiary/aromatic N) is 1. The highest BCUT2D eigenvalue weighted by molar-refractivity contribution is 5.90. The number of cyclic esters (lactones) is 1. The van der Waals surface area contributed by atoms with E-state index in [9.17, 15) is 4.79 Å². The molecule has 2 heterocycles. The van der Waals surface area contributed by atoms with E-state index in [-0.39, 0.29) is 12.6 Å². The number of hydrogen-bond acceptors (Lipinski definition) is 5. The number of nitrogens with two attached hydrogens (primary N) is 2. The fourth-order valence-electron chi connectivity index (χ4n) is 2.67. The monoisotopic (exact) mass is 259 g/mol. The van der Waals surface area contributed by atoms with Crippen LogP contribution < -0.4 is 11.5 Å². The molecule has 1 aromatic rings. The summed E-state index contributed by atoms with van der Waals surface area (Å²) >= 11 is 0. The van der Waals surface area contributed by atoms with Gasteiger partial charge < -0.3 is 21.1 Å². The Morgan fingerprint density at radius 3 is 2.84 bits per heavy atom. The predicted octanol–water partition coefficient (Wildman–Crippen LogP) is 0.230. The minimum Gasteiger partial charge on any atom is -0.454 e. The molecule has 3 rings (SSSR count). The molecule has 0 fully saturated rings. The molecule has 1 aromatic carbocycles. The number of hydrogen-bond donors (Lipinski definition) is 2. The van der Waals surface area contributed by atoms with E-state index >= 15 is 0 Å². The van der Waals surface area contributed by atoms with Crippen molar-refractivity contribution in [3.8, 4) is 0 Å². The van der Waals surface area contributed by atoms with Gasteiger partial charge in [0.15, 0.2) is 0 Å². The molecule has 0 spiro atoms. The lowest BCUT2D eigenvalue weighted by atomic mass is 9.97. The maximum atomic E-state index is 11.7. The van der Waals surface area contributed by atoms with Gasteiger partial charge in [-0.25, -0.2) is 4.79 Å². The Balaban J connectivity index is 1.89. The van der Waals surface area contributed by atoms with Crippen LogP contribution in [0.15, 0.2) is 29.6 Å². The number of ether oxygens (including phenoxy) is 1. The topological polar surface area (TPSA) is 81.6 Å². The van der Waals surface area contributed by atoms with E-state index in [4.69, 9.17) is 16.2 Å². The summed E-state index contributed by atoms with van der Waals surface area (Å²) in [6.45, 7) is 2.22. The Kier molecular flexibility index (Phi) is 2.91. The van der Waals surface area contributed by atoms with E-state index in [1.165, 1.54) is 11.1 Å². The zero-order valence-corrected chi connectivity index (χ0v) is 10.7. The van der Waals surface area contributed by atoms with E-state index in [2.05, 4.69) is 18.2 Å². The first-order valence-corrected chi connectivity index (χ1v) is 6.40. The molecule has 2 aliphatic heterocycles. The van der Waals surface area contributed by atoms with Gasteiger partial charge in [0.25, 0.3) is 0 Å². The second-order valence-electron chi connectivity index (χ2n) is 4.93. The molecular weight excluding hydrogens is 242 g/mol. The summed E-state index contributed by atoms with van der Waals surface area (Å²) in [4.78, 5) is 13.7. The van der Waals surface area contributed by atoms with Crippen LogP contribution >= 0.6 is 0 Å². The summed E-state index contributed by atoms with van der Waals surface area (Å²) in [5.74, 6) is -0.309. The summed E-state index contributed by atoms with van der Waals surface area (Å²) in [7, 11) is 0. The second-order valence-corrected chi connectivity index (χ2v) is 4.93. The molecule has 19 heavy (non-hydrogen) atoms. The van der Waals surface area contributed by atoms with Gasteiger partial charge in [-0.1, -0.05) is 18.2 Å². The van der Waals surface area contributed by atoms with Gasteiger partial charge in [-0.15, -0.1) is 0 Å². The number of benzene rings is 1. The summed E-state index contributed by atoms with van der Waals surface area (Å²) in [5, 5.41) is 0. The van der Waals surface area contributed by atoms with Crippen LogP contribution in [-0.2, 0) is 29.0 Å². The van der Waals surface area contributed by atoms with Crippen molar-refractivity contribution in [2.45, 2.75) is 19.5 Å². The van der Waals surface area contributed by atoms with Gasteiger partial charge in [0.05, 0.1) is 5.70 Å². The number of esters is 1. The van der Waals surface area contributed by atoms with Crippen molar-refractivity contribution in [1.82, 2.24) is 4.90 Å². The van der Waals surface area contributed by atoms with Crippen LogP contribution in [0, 0.1) is 0 Å². The molecule has 0 saturated heterocycles. The van der Waals surface area contributed by atoms with Crippen LogP contribution in [0.2, 0.25) is 0 Å². The molecule has 100 valence electrons. The van der Waals surface area contributed by atoms with Crippen LogP contribution in [0.25, 0.3) is 0 Å². The van der Waals surface area contributed by atoms with E-state index in [0.717, 1.165) is 18.5 Å². The number of rotatable bonds is 2. The van der Waals surface area contributed by atoms with Crippen molar-refractivity contribution in [2.24, 2.45) is 11.5 Å². The van der Waals surface area contributed by atoms with Crippen LogP contribution in [0.1, 0.15) is 16.7 Å². The molecule has 0 unspecified atom stereocenters. The fourth-order valence-corrected chi connectivity index (χ4v) is 2.67. The van der Waals surface area contributed by atoms with Crippen molar-refractivity contribution < 1.29 is 9.53 Å². The molecule has 0 bridgehead atoms. The standard InChI is InChI=1S/C14H17N3O2/c15-6-9-1-2-10-3-4-17(7-11(10)5-9)13-12(16)8-19-14(13)18/h1-2,5H,3-4,6-8,15-16H2. The van der Waals surface area contributed by atoms with Gasteiger partial charge >= 0.3 is 5.97 Å². The normalized spacial score (nSPS) is 18.6. The lowest BCUT2D eigenvalue weighted by Crippen LogP contribution is -2.33. The number of carbonyl (C=O) groups excluding carboxylic acids is 1. The third kappa shape index (κ3) is 2.06. The van der Waals surface area contributed by atoms with Crippen molar-refractivity contribution in [2.75, 3.05) is 13.2 Å². The van der Waals surface area contributed by atoms with Crippen molar-refractivity contribution in [3.05, 3.63) is 46.3 Å². The largest absolute Gasteiger partial charge is 0.454 e. The van der Waals surface area contributed by atoms with Gasteiger partial charge in [0.2, 0.25) is 0 Å². The molecule has 4 N–H and O–H groups in total. The lowest BCUT2D eigenvalue weighted by molar-refractivity contribution is -0.137. The quantitative estimate of drug-likeness (QED) is 0.743. The predicted molar refractivity (Wildman–Crippen MR) is 70.6 cm³/mol. The average Bonchev–Trinajstić information content (AvgIpc) is 2.77. The summed E-state index contributed by atoms with van der Waals surface area (Å²) in [6, 6.07) is 6.30. The number of carbonyl (C=O) groups is 1. The maximum absolute atomic E-state index is 11.7. The SMILES string of the molecule is NCc1ccc2c(c1)CN(C1=C(N)COC1=O)CC2. The highest BCUT2D eigenvalue weighted by Crippen LogP contribution is 2.26. The zero-order valence-electron chi connectivity index (χ0n) is 10.7. The first kappa shape index (κ1) is 12.0. The third-order valence-corrected chi connectivity index (χ3v) is 3.69. The Morgan fingerprint density at radius 2 is 2.16 bits per heavy atom. The molecule has 0 radical (unpaired) electrons. The Morgan fingerprint density at radius 1 is 1.32 bits per heavy atom. The molecular formula is C14H17N3O2. The Hall–Kier alpha value is -2.01. The first-order valence-electron chi connectivity index (χ1n) is 6.40. The van der Waals surface area contributed by atoms with Crippen LogP contribution in [0.5, 0.6) is 0 Å². The van der Waals surface area contributed by atoms with Gasteiger partial charge in [-0.3, -0.25) is 0 Å². The highest BCUT2D eigenvalue weighted by Gasteiger charge is 2.30. The summed E-state index contributed by atoms with van der Waals surface area (Å²) < 4.78 is 4.96. The van der Waals surface area contributed by atoms with E-state index in [0.29, 0.717) is 24.5 Å². The van der Waals surface area contributed by atoms with Gasteiger partial charge in [0.1, 0.15) is 12.3 Å². The Bertz CT molecular complexity index is 566. The minimum absolute atomic E-state index is 0.209. The van der Waals surface area contributed by atoms with E-state index in [1.807, 2.05) is 4.90 Å². The van der Waals surface area contributed by atoms with Crippen molar-refractivity contribution in [3.63, 3.8) is 0 Å². The molecule has 5 heteroatoms. The van der Waals surface area contributed by atoms with Crippen LogP contribution in [-0.4, -0.2) is 24.0 Å². The van der Waals surface area contributed by atoms with Gasteiger partial charge in [-0.2, -0.15) is 0 Å². The molecule has 2 aliphatic rings. The summed E-state index contributed by atoms with van der Waals surface area (Å²) in [6.07, 6.45) is 0.907. The first-order chi connectivity index (χ1) is 9.19. The Labute approximate surface area is 111 Å². The molecule has 5 nitrogen and oxygen atoms in total. The zero-order chi connectivity index (χ0) is 13.4. The van der Waals surface area contributed by atoms with Crippen LogP contribution in [0.4, 0.5) is 0 Å². The molecule has 0 atom stereocenters. The smallest absolute Gasteiger partial charge is 0.356 e. The highest BCUT2D eigenvalue weighted by atomic mass is 16.5. The molecule has 0 aromatic heterocycles. The summed E-state index contributed by atoms with van der Waals surface area (Å²) in [5.41, 5.74) is 16.2. The van der Waals surface area contributed by atoms with Crippen molar-refractivity contribution in [1.29, 1.82) is 0 Å². The fraction of sp³-hybridized carbons (Fsp3) is 0.357. The van der Waals surface area contributed by atoms with Gasteiger partial charge in [-0.05, 0) is 23.1 Å². The van der Waals surface area contributed by atoms with Gasteiger partial charge in [0, 0.05) is 19.6 Å². The van der Waals surface area contributed by atoms with E-state index < -0.39 is 0 Å². The maximum Gasteiger partial charge on any atom is 0.356 e. The van der Waals surface area contributed by atoms with Crippen LogP contribution in [0.3, 0.4) is 0 Å². The number of fused-ring (bicyclic) bond motifs is 1. The molecule has 0 amide bonds. The second kappa shape index (κ2) is 4.59.